The molecule has 0 fully saturated rings. The van der Waals surface area contributed by atoms with E-state index < -0.39 is 0 Å². The van der Waals surface area contributed by atoms with Gasteiger partial charge in [-0.25, -0.2) is 0 Å². The fourth-order valence-corrected chi connectivity index (χ4v) is 0.431. The summed E-state index contributed by atoms with van der Waals surface area (Å²) in [5.41, 5.74) is 5.20. The minimum absolute atomic E-state index is 0.296. The Labute approximate surface area is 47.4 Å². The monoisotopic (exact) mass is 113 g/mol. The highest BCUT2D eigenvalue weighted by atomic mass is 16.5. The normalized spacial score (nSPS) is 17.6. The van der Waals surface area contributed by atoms with Crippen LogP contribution in [-0.4, -0.2) is 0 Å². The Bertz CT molecular complexity index is 133. The number of allylic oxidation sites excluding steroid dienone is 1. The lowest BCUT2D eigenvalue weighted by atomic mass is 10.6. The molecule has 0 amide bonds. The maximum Gasteiger partial charge on any atom is 0.226 e. The van der Waals surface area contributed by atoms with Crippen molar-refractivity contribution < 1.29 is 9.47 Å². The number of ether oxygens (including phenoxy) is 2. The summed E-state index contributed by atoms with van der Waals surface area (Å²) in [6.07, 6.45) is 2.82. The van der Waals surface area contributed by atoms with Crippen LogP contribution in [0.5, 0.6) is 0 Å². The zero-order valence-corrected chi connectivity index (χ0v) is 4.55. The summed E-state index contributed by atoms with van der Waals surface area (Å²) in [4.78, 5) is 0. The van der Waals surface area contributed by atoms with Gasteiger partial charge in [0.15, 0.2) is 6.26 Å². The van der Waals surface area contributed by atoms with Gasteiger partial charge in [-0.2, -0.15) is 0 Å². The third kappa shape index (κ3) is 0.932. The quantitative estimate of drug-likeness (QED) is 0.501. The van der Waals surface area contributed by atoms with Crippen LogP contribution in [0, 0.1) is 0 Å². The zero-order valence-electron chi connectivity index (χ0n) is 4.55. The van der Waals surface area contributed by atoms with Crippen molar-refractivity contribution in [2.24, 2.45) is 5.73 Å². The summed E-state index contributed by atoms with van der Waals surface area (Å²) in [6.45, 7) is 1.76. The average molecular weight is 113 g/mol. The maximum atomic E-state index is 5.20. The molecule has 3 nitrogen and oxygen atoms in total. The Kier molecular flexibility index (Phi) is 1.12. The molecule has 0 radical (unpaired) electrons. The lowest BCUT2D eigenvalue weighted by Gasteiger charge is -2.08. The number of nitrogens with two attached hydrogens (primary N) is 1. The van der Waals surface area contributed by atoms with E-state index in [1.165, 1.54) is 12.5 Å². The van der Waals surface area contributed by atoms with E-state index in [-0.39, 0.29) is 0 Å². The summed E-state index contributed by atoms with van der Waals surface area (Å²) in [5, 5.41) is 0. The molecule has 8 heavy (non-hydrogen) atoms. The van der Waals surface area contributed by atoms with E-state index in [1.807, 2.05) is 0 Å². The first-order chi connectivity index (χ1) is 3.79. The lowest BCUT2D eigenvalue weighted by Crippen LogP contribution is -2.04. The molecule has 44 valence electrons. The largest absolute Gasteiger partial charge is 0.464 e. The van der Waals surface area contributed by atoms with Gasteiger partial charge in [-0.1, -0.05) is 0 Å². The Hall–Kier alpha value is -1.12. The van der Waals surface area contributed by atoms with E-state index in [0.717, 1.165) is 0 Å². The maximum absolute atomic E-state index is 5.20. The lowest BCUT2D eigenvalue weighted by molar-refractivity contribution is 0.222. The molecule has 0 aliphatic carbocycles. The van der Waals surface area contributed by atoms with Crippen LogP contribution in [0.4, 0.5) is 0 Å². The van der Waals surface area contributed by atoms with Crippen LogP contribution in [0.2, 0.25) is 0 Å². The summed E-state index contributed by atoms with van der Waals surface area (Å²) in [6, 6.07) is 0. The van der Waals surface area contributed by atoms with Crippen LogP contribution in [0.1, 0.15) is 6.92 Å². The smallest absolute Gasteiger partial charge is 0.226 e. The molecule has 0 unspecified atom stereocenters. The van der Waals surface area contributed by atoms with Gasteiger partial charge in [0.1, 0.15) is 12.0 Å². The molecule has 0 aromatic carbocycles. The molecule has 1 aliphatic rings. The third-order valence-electron chi connectivity index (χ3n) is 0.697. The molecule has 3 heteroatoms. The van der Waals surface area contributed by atoms with Gasteiger partial charge in [-0.3, -0.25) is 0 Å². The summed E-state index contributed by atoms with van der Waals surface area (Å²) in [5.74, 6) is 0.968. The van der Waals surface area contributed by atoms with Crippen molar-refractivity contribution in [3.05, 3.63) is 24.2 Å². The van der Waals surface area contributed by atoms with Crippen molar-refractivity contribution in [2.75, 3.05) is 0 Å². The average Bonchev–Trinajstić information content (AvgIpc) is 1.64. The molecular formula is C5H7NO2. The van der Waals surface area contributed by atoms with Crippen LogP contribution >= 0.6 is 0 Å². The second-order valence-corrected chi connectivity index (χ2v) is 1.49. The van der Waals surface area contributed by atoms with Gasteiger partial charge in [-0.05, 0) is 6.92 Å². The molecule has 0 aromatic rings. The van der Waals surface area contributed by atoms with Gasteiger partial charge >= 0.3 is 0 Å². The highest BCUT2D eigenvalue weighted by Crippen LogP contribution is 2.06. The predicted octanol–water partition coefficient (Wildman–Crippen LogP) is 0.652. The minimum Gasteiger partial charge on any atom is -0.464 e. The topological polar surface area (TPSA) is 44.5 Å². The molecule has 1 aliphatic heterocycles. The molecule has 0 saturated heterocycles. The first-order valence-electron chi connectivity index (χ1n) is 2.25. The molecule has 2 N–H and O–H groups in total. The van der Waals surface area contributed by atoms with Crippen LogP contribution in [-0.2, 0) is 9.47 Å². The Morgan fingerprint density at radius 2 is 2.25 bits per heavy atom. The fraction of sp³-hybridized carbons (Fsp3) is 0.200. The van der Waals surface area contributed by atoms with Gasteiger partial charge < -0.3 is 15.2 Å². The first kappa shape index (κ1) is 5.03. The number of hydrogen-bond acceptors (Lipinski definition) is 3. The highest BCUT2D eigenvalue weighted by molar-refractivity contribution is 4.96. The van der Waals surface area contributed by atoms with Crippen LogP contribution in [0.3, 0.4) is 0 Å². The number of rotatable bonds is 0. The van der Waals surface area contributed by atoms with Crippen LogP contribution in [0.15, 0.2) is 24.2 Å². The molecule has 0 saturated carbocycles. The van der Waals surface area contributed by atoms with Crippen LogP contribution < -0.4 is 5.73 Å². The predicted molar refractivity (Wildman–Crippen MR) is 28.2 cm³/mol. The second-order valence-electron chi connectivity index (χ2n) is 1.49. The van der Waals surface area contributed by atoms with Crippen molar-refractivity contribution in [3.63, 3.8) is 0 Å². The van der Waals surface area contributed by atoms with E-state index in [9.17, 15) is 0 Å². The van der Waals surface area contributed by atoms with Crippen molar-refractivity contribution in [3.8, 4) is 0 Å². The molecule has 0 atom stereocenters. The molecule has 1 rings (SSSR count). The first-order valence-corrected chi connectivity index (χ1v) is 2.25. The van der Waals surface area contributed by atoms with Gasteiger partial charge in [0.2, 0.25) is 5.88 Å². The SMILES string of the molecule is CC1=COC=C(N)O1. The fourth-order valence-electron chi connectivity index (χ4n) is 0.431. The minimum atomic E-state index is 0.296. The van der Waals surface area contributed by atoms with Crippen LogP contribution in [0.25, 0.3) is 0 Å². The standard InChI is InChI=1S/C5H7NO2/c1-4-2-7-3-5(6)8-4/h2-3H,6H2,1H3. The van der Waals surface area contributed by atoms with E-state index in [4.69, 9.17) is 15.2 Å². The zero-order chi connectivity index (χ0) is 5.98. The molecule has 0 aromatic heterocycles. The second kappa shape index (κ2) is 1.78. The van der Waals surface area contributed by atoms with Gasteiger partial charge in [0.25, 0.3) is 0 Å². The van der Waals surface area contributed by atoms with Gasteiger partial charge in [-0.15, -0.1) is 0 Å². The highest BCUT2D eigenvalue weighted by Gasteiger charge is 1.98. The van der Waals surface area contributed by atoms with Crippen molar-refractivity contribution in [2.45, 2.75) is 6.92 Å². The van der Waals surface area contributed by atoms with E-state index >= 15 is 0 Å². The van der Waals surface area contributed by atoms with Gasteiger partial charge in [0, 0.05) is 0 Å². The summed E-state index contributed by atoms with van der Waals surface area (Å²) >= 11 is 0. The van der Waals surface area contributed by atoms with E-state index in [1.54, 1.807) is 6.92 Å². The molecular weight excluding hydrogens is 106 g/mol. The Balaban J connectivity index is 2.57. The van der Waals surface area contributed by atoms with Gasteiger partial charge in [0.05, 0.1) is 0 Å². The van der Waals surface area contributed by atoms with Crippen molar-refractivity contribution in [1.82, 2.24) is 0 Å². The van der Waals surface area contributed by atoms with Crippen molar-refractivity contribution in [1.29, 1.82) is 0 Å². The molecule has 1 heterocycles. The molecule has 0 bridgehead atoms. The van der Waals surface area contributed by atoms with E-state index in [2.05, 4.69) is 0 Å². The number of hydrogen-bond donors (Lipinski definition) is 1. The third-order valence-corrected chi connectivity index (χ3v) is 0.697. The Morgan fingerprint density at radius 1 is 1.50 bits per heavy atom. The molecule has 0 spiro atoms. The van der Waals surface area contributed by atoms with Crippen molar-refractivity contribution >= 4 is 0 Å². The van der Waals surface area contributed by atoms with E-state index in [0.29, 0.717) is 11.6 Å². The summed E-state index contributed by atoms with van der Waals surface area (Å²) < 4.78 is 9.58. The Morgan fingerprint density at radius 3 is 2.62 bits per heavy atom. The summed E-state index contributed by atoms with van der Waals surface area (Å²) in [7, 11) is 0.